The Morgan fingerprint density at radius 3 is 2.70 bits per heavy atom. The van der Waals surface area contributed by atoms with E-state index in [0.717, 1.165) is 19.3 Å². The molecule has 1 atom stereocenters. The molecule has 3 nitrogen and oxygen atoms in total. The van der Waals surface area contributed by atoms with E-state index in [1.54, 1.807) is 6.07 Å². The summed E-state index contributed by atoms with van der Waals surface area (Å²) in [7, 11) is 0. The smallest absolute Gasteiger partial charge is 0.141 e. The van der Waals surface area contributed by atoms with Crippen LogP contribution >= 0.6 is 0 Å². The van der Waals surface area contributed by atoms with Crippen molar-refractivity contribution in [3.63, 3.8) is 0 Å². The zero-order valence-electron chi connectivity index (χ0n) is 12.3. The Hall–Kier alpha value is -1.00. The lowest BCUT2D eigenvalue weighted by Crippen LogP contribution is -2.37. The van der Waals surface area contributed by atoms with Crippen LogP contribution in [0, 0.1) is 5.82 Å². The van der Waals surface area contributed by atoms with E-state index in [2.05, 4.69) is 16.8 Å². The summed E-state index contributed by atoms with van der Waals surface area (Å²) in [6, 6.07) is 3.59. The Kier molecular flexibility index (Phi) is 5.92. The minimum absolute atomic E-state index is 0.363. The fourth-order valence-electron chi connectivity index (χ4n) is 3.07. The van der Waals surface area contributed by atoms with Crippen LogP contribution in [0.5, 0.6) is 0 Å². The third kappa shape index (κ3) is 4.25. The lowest BCUT2D eigenvalue weighted by molar-refractivity contribution is 0.110. The van der Waals surface area contributed by atoms with Crippen molar-refractivity contribution in [1.29, 1.82) is 0 Å². The fraction of sp³-hybridized carbons (Fsp3) is 0.688. The van der Waals surface area contributed by atoms with Crippen LogP contribution in [0.3, 0.4) is 0 Å². The first kappa shape index (κ1) is 15.4. The number of nitrogens with zero attached hydrogens (tertiary/aromatic N) is 2. The second-order valence-corrected chi connectivity index (χ2v) is 5.63. The second-order valence-electron chi connectivity index (χ2n) is 5.63. The maximum absolute atomic E-state index is 12.8. The predicted molar refractivity (Wildman–Crippen MR) is 77.9 cm³/mol. The van der Waals surface area contributed by atoms with Crippen molar-refractivity contribution in [2.24, 2.45) is 0 Å². The summed E-state index contributed by atoms with van der Waals surface area (Å²) in [5, 5.41) is 10.1. The largest absolute Gasteiger partial charge is 0.387 e. The molecule has 1 fully saturated rings. The molecule has 0 bridgehead atoms. The molecule has 112 valence electrons. The molecular weight excluding hydrogens is 255 g/mol. The van der Waals surface area contributed by atoms with E-state index in [9.17, 15) is 9.50 Å². The lowest BCUT2D eigenvalue weighted by Gasteiger charge is -2.34. The van der Waals surface area contributed by atoms with E-state index in [1.165, 1.54) is 38.2 Å². The van der Waals surface area contributed by atoms with Gasteiger partial charge in [-0.2, -0.15) is 0 Å². The normalized spacial score (nSPS) is 18.4. The maximum Gasteiger partial charge on any atom is 0.141 e. The van der Waals surface area contributed by atoms with Crippen LogP contribution in [0.15, 0.2) is 18.3 Å². The van der Waals surface area contributed by atoms with Crippen molar-refractivity contribution in [2.45, 2.75) is 57.6 Å². The molecule has 1 N–H and O–H groups in total. The standard InChI is InChI=1S/C16H25FN2O/c1-2-19(14-6-4-3-5-7-14)11-10-16(20)15-9-8-13(17)12-18-15/h8-9,12,14,16,20H,2-7,10-11H2,1H3. The quantitative estimate of drug-likeness (QED) is 0.868. The minimum Gasteiger partial charge on any atom is -0.387 e. The third-order valence-corrected chi connectivity index (χ3v) is 4.28. The summed E-state index contributed by atoms with van der Waals surface area (Å²) in [5.74, 6) is -0.363. The number of hydrogen-bond donors (Lipinski definition) is 1. The first-order valence-corrected chi connectivity index (χ1v) is 7.74. The van der Waals surface area contributed by atoms with Gasteiger partial charge in [-0.15, -0.1) is 0 Å². The molecule has 0 aliphatic heterocycles. The molecule has 1 heterocycles. The van der Waals surface area contributed by atoms with Crippen molar-refractivity contribution in [2.75, 3.05) is 13.1 Å². The SMILES string of the molecule is CCN(CCC(O)c1ccc(F)cn1)C1CCCCC1. The molecule has 0 aromatic carbocycles. The second kappa shape index (κ2) is 7.70. The van der Waals surface area contributed by atoms with Gasteiger partial charge in [0.05, 0.1) is 18.0 Å². The van der Waals surface area contributed by atoms with Crippen molar-refractivity contribution in [1.82, 2.24) is 9.88 Å². The van der Waals surface area contributed by atoms with Crippen LogP contribution in [0.2, 0.25) is 0 Å². The van der Waals surface area contributed by atoms with Gasteiger partial charge in [-0.25, -0.2) is 4.39 Å². The molecule has 0 spiro atoms. The summed E-state index contributed by atoms with van der Waals surface area (Å²) in [6.45, 7) is 4.08. The molecule has 0 saturated heterocycles. The molecular formula is C16H25FN2O. The molecule has 1 saturated carbocycles. The zero-order valence-corrected chi connectivity index (χ0v) is 12.3. The van der Waals surface area contributed by atoms with E-state index in [-0.39, 0.29) is 5.82 Å². The Balaban J connectivity index is 1.84. The number of hydrogen-bond acceptors (Lipinski definition) is 3. The van der Waals surface area contributed by atoms with Crippen LogP contribution in [0.25, 0.3) is 0 Å². The van der Waals surface area contributed by atoms with Crippen LogP contribution < -0.4 is 0 Å². The molecule has 1 aliphatic carbocycles. The highest BCUT2D eigenvalue weighted by atomic mass is 19.1. The summed E-state index contributed by atoms with van der Waals surface area (Å²) in [5.41, 5.74) is 0.561. The Morgan fingerprint density at radius 1 is 1.35 bits per heavy atom. The summed E-state index contributed by atoms with van der Waals surface area (Å²) < 4.78 is 12.8. The zero-order chi connectivity index (χ0) is 14.4. The van der Waals surface area contributed by atoms with Crippen LogP contribution in [0.4, 0.5) is 4.39 Å². The van der Waals surface area contributed by atoms with Crippen molar-refractivity contribution in [3.05, 3.63) is 29.8 Å². The van der Waals surface area contributed by atoms with E-state index in [4.69, 9.17) is 0 Å². The van der Waals surface area contributed by atoms with Gasteiger partial charge in [0, 0.05) is 12.6 Å². The first-order chi connectivity index (χ1) is 9.70. The highest BCUT2D eigenvalue weighted by molar-refractivity contribution is 5.07. The summed E-state index contributed by atoms with van der Waals surface area (Å²) in [4.78, 5) is 6.42. The molecule has 4 heteroatoms. The average molecular weight is 280 g/mol. The van der Waals surface area contributed by atoms with E-state index < -0.39 is 6.10 Å². The van der Waals surface area contributed by atoms with Crippen molar-refractivity contribution in [3.8, 4) is 0 Å². The fourth-order valence-corrected chi connectivity index (χ4v) is 3.07. The Morgan fingerprint density at radius 2 is 2.10 bits per heavy atom. The molecule has 1 aliphatic rings. The van der Waals surface area contributed by atoms with Crippen molar-refractivity contribution < 1.29 is 9.50 Å². The van der Waals surface area contributed by atoms with E-state index in [1.807, 2.05) is 0 Å². The van der Waals surface area contributed by atoms with Crippen molar-refractivity contribution >= 4 is 0 Å². The van der Waals surface area contributed by atoms with E-state index in [0.29, 0.717) is 18.2 Å². The third-order valence-electron chi connectivity index (χ3n) is 4.28. The average Bonchev–Trinajstić information content (AvgIpc) is 2.49. The topological polar surface area (TPSA) is 36.4 Å². The minimum atomic E-state index is -0.603. The van der Waals surface area contributed by atoms with Gasteiger partial charge < -0.3 is 10.0 Å². The van der Waals surface area contributed by atoms with E-state index >= 15 is 0 Å². The first-order valence-electron chi connectivity index (χ1n) is 7.74. The van der Waals surface area contributed by atoms with Gasteiger partial charge in [0.1, 0.15) is 5.82 Å². The molecule has 1 aromatic heterocycles. The molecule has 1 aromatic rings. The van der Waals surface area contributed by atoms with Gasteiger partial charge in [0.25, 0.3) is 0 Å². The van der Waals surface area contributed by atoms with Gasteiger partial charge in [-0.1, -0.05) is 26.2 Å². The highest BCUT2D eigenvalue weighted by Gasteiger charge is 2.20. The maximum atomic E-state index is 12.8. The number of halogens is 1. The van der Waals surface area contributed by atoms with Crippen LogP contribution in [-0.2, 0) is 0 Å². The number of aromatic nitrogens is 1. The molecule has 0 radical (unpaired) electrons. The summed E-state index contributed by atoms with van der Waals surface area (Å²) in [6.07, 6.45) is 7.77. The monoisotopic (exact) mass is 280 g/mol. The molecule has 20 heavy (non-hydrogen) atoms. The van der Waals surface area contributed by atoms with Gasteiger partial charge in [-0.3, -0.25) is 4.98 Å². The number of aliphatic hydroxyl groups is 1. The van der Waals surface area contributed by atoms with Gasteiger partial charge in [0.2, 0.25) is 0 Å². The number of aliphatic hydroxyl groups excluding tert-OH is 1. The molecule has 2 rings (SSSR count). The predicted octanol–water partition coefficient (Wildman–Crippen LogP) is 3.30. The van der Waals surface area contributed by atoms with Crippen LogP contribution in [-0.4, -0.2) is 34.1 Å². The van der Waals surface area contributed by atoms with Gasteiger partial charge in [-0.05, 0) is 37.9 Å². The molecule has 1 unspecified atom stereocenters. The van der Waals surface area contributed by atoms with Gasteiger partial charge in [0.15, 0.2) is 0 Å². The number of rotatable bonds is 6. The summed E-state index contributed by atoms with van der Waals surface area (Å²) >= 11 is 0. The lowest BCUT2D eigenvalue weighted by atomic mass is 9.94. The Labute approximate surface area is 120 Å². The number of pyridine rings is 1. The Bertz CT molecular complexity index is 390. The van der Waals surface area contributed by atoms with Gasteiger partial charge >= 0.3 is 0 Å². The molecule has 0 amide bonds. The van der Waals surface area contributed by atoms with Crippen LogP contribution in [0.1, 0.15) is 57.2 Å². The highest BCUT2D eigenvalue weighted by Crippen LogP contribution is 2.24.